The van der Waals surface area contributed by atoms with Crippen LogP contribution >= 0.6 is 0 Å². The molecule has 2 aromatic rings. The van der Waals surface area contributed by atoms with Crippen LogP contribution in [0.3, 0.4) is 0 Å². The second-order valence-electron chi connectivity index (χ2n) is 8.12. The van der Waals surface area contributed by atoms with Crippen molar-refractivity contribution >= 4 is 0 Å². The molecule has 7 heteroatoms. The number of ether oxygens (including phenoxy) is 3. The standard InChI is InChI=1S/C22H29N3O4/c1-14-5-6-19(27-2)16(9-14)12-25-11-15-7-8-22(26,18(15)13-25)17-10-23-21(29-4)24-20(17)28-3/h5-6,9-10,15,18,26H,7-8,11-13H2,1-4H3. The number of aliphatic hydroxyl groups is 1. The number of benzene rings is 1. The number of likely N-dealkylation sites (tertiary alicyclic amines) is 1. The van der Waals surface area contributed by atoms with Crippen LogP contribution in [0.4, 0.5) is 0 Å². The molecule has 1 saturated carbocycles. The Balaban J connectivity index is 1.57. The molecule has 1 aliphatic carbocycles. The van der Waals surface area contributed by atoms with Crippen LogP contribution in [0.15, 0.2) is 24.4 Å². The maximum Gasteiger partial charge on any atom is 0.319 e. The lowest BCUT2D eigenvalue weighted by Gasteiger charge is -2.31. The summed E-state index contributed by atoms with van der Waals surface area (Å²) in [5.74, 6) is 1.85. The molecule has 7 nitrogen and oxygen atoms in total. The van der Waals surface area contributed by atoms with E-state index in [0.717, 1.165) is 31.8 Å². The van der Waals surface area contributed by atoms with E-state index in [4.69, 9.17) is 14.2 Å². The second-order valence-corrected chi connectivity index (χ2v) is 8.12. The number of nitrogens with zero attached hydrogens (tertiary/aromatic N) is 3. The molecule has 1 saturated heterocycles. The minimum atomic E-state index is -0.992. The molecule has 1 N–H and O–H groups in total. The van der Waals surface area contributed by atoms with Crippen LogP contribution in [0.1, 0.15) is 29.5 Å². The quantitative estimate of drug-likeness (QED) is 0.800. The van der Waals surface area contributed by atoms with Gasteiger partial charge < -0.3 is 19.3 Å². The van der Waals surface area contributed by atoms with Crippen LogP contribution in [-0.2, 0) is 12.1 Å². The average molecular weight is 399 g/mol. The number of fused-ring (bicyclic) bond motifs is 1. The molecule has 1 aromatic heterocycles. The molecule has 29 heavy (non-hydrogen) atoms. The Morgan fingerprint density at radius 1 is 1.17 bits per heavy atom. The smallest absolute Gasteiger partial charge is 0.319 e. The molecule has 0 amide bonds. The molecule has 2 aliphatic rings. The van der Waals surface area contributed by atoms with E-state index in [1.807, 2.05) is 6.07 Å². The van der Waals surface area contributed by atoms with E-state index in [1.165, 1.54) is 18.2 Å². The maximum absolute atomic E-state index is 11.7. The topological polar surface area (TPSA) is 76.9 Å². The fourth-order valence-corrected chi connectivity index (χ4v) is 5.02. The molecule has 3 atom stereocenters. The first-order valence-corrected chi connectivity index (χ1v) is 10.0. The van der Waals surface area contributed by atoms with E-state index in [9.17, 15) is 5.11 Å². The fraction of sp³-hybridized carbons (Fsp3) is 0.545. The van der Waals surface area contributed by atoms with Gasteiger partial charge in [-0.1, -0.05) is 17.7 Å². The Morgan fingerprint density at radius 3 is 2.72 bits per heavy atom. The zero-order chi connectivity index (χ0) is 20.6. The van der Waals surface area contributed by atoms with Gasteiger partial charge in [0.25, 0.3) is 0 Å². The monoisotopic (exact) mass is 399 g/mol. The highest BCUT2D eigenvalue weighted by Gasteiger charge is 2.53. The highest BCUT2D eigenvalue weighted by atomic mass is 16.5. The van der Waals surface area contributed by atoms with Crippen molar-refractivity contribution in [3.63, 3.8) is 0 Å². The Labute approximate surface area is 171 Å². The zero-order valence-electron chi connectivity index (χ0n) is 17.5. The lowest BCUT2D eigenvalue weighted by Crippen LogP contribution is -2.35. The highest BCUT2D eigenvalue weighted by Crippen LogP contribution is 2.52. The molecule has 2 fully saturated rings. The molecule has 0 bridgehead atoms. The summed E-state index contributed by atoms with van der Waals surface area (Å²) in [6, 6.07) is 6.51. The molecule has 0 spiro atoms. The summed E-state index contributed by atoms with van der Waals surface area (Å²) in [7, 11) is 4.79. The van der Waals surface area contributed by atoms with Crippen molar-refractivity contribution in [2.24, 2.45) is 11.8 Å². The Kier molecular flexibility index (Phi) is 5.36. The lowest BCUT2D eigenvalue weighted by molar-refractivity contribution is -0.00973. The Hall–Kier alpha value is -2.38. The van der Waals surface area contributed by atoms with Gasteiger partial charge in [0.15, 0.2) is 0 Å². The molecule has 2 heterocycles. The van der Waals surface area contributed by atoms with Crippen LogP contribution in [0.25, 0.3) is 0 Å². The predicted molar refractivity (Wildman–Crippen MR) is 108 cm³/mol. The van der Waals surface area contributed by atoms with Gasteiger partial charge >= 0.3 is 6.01 Å². The normalized spacial score (nSPS) is 26.4. The number of hydrogen-bond donors (Lipinski definition) is 1. The molecular weight excluding hydrogens is 370 g/mol. The lowest BCUT2D eigenvalue weighted by atomic mass is 9.83. The summed E-state index contributed by atoms with van der Waals surface area (Å²) >= 11 is 0. The van der Waals surface area contributed by atoms with Gasteiger partial charge in [0, 0.05) is 37.3 Å². The van der Waals surface area contributed by atoms with E-state index in [1.54, 1.807) is 20.4 Å². The van der Waals surface area contributed by atoms with Crippen molar-refractivity contribution < 1.29 is 19.3 Å². The summed E-state index contributed by atoms with van der Waals surface area (Å²) in [6.45, 7) is 4.68. The molecular formula is C22H29N3O4. The number of methoxy groups -OCH3 is 3. The maximum atomic E-state index is 11.7. The number of hydrogen-bond acceptors (Lipinski definition) is 7. The largest absolute Gasteiger partial charge is 0.496 e. The zero-order valence-corrected chi connectivity index (χ0v) is 17.5. The van der Waals surface area contributed by atoms with E-state index < -0.39 is 5.60 Å². The number of aromatic nitrogens is 2. The summed E-state index contributed by atoms with van der Waals surface area (Å²) in [5.41, 5.74) is 2.06. The Morgan fingerprint density at radius 2 is 2.00 bits per heavy atom. The highest BCUT2D eigenvalue weighted by molar-refractivity contribution is 5.37. The van der Waals surface area contributed by atoms with Gasteiger partial charge in [0.05, 0.1) is 26.9 Å². The van der Waals surface area contributed by atoms with Crippen molar-refractivity contribution in [2.75, 3.05) is 34.4 Å². The van der Waals surface area contributed by atoms with Gasteiger partial charge in [-0.2, -0.15) is 4.98 Å². The average Bonchev–Trinajstić information content (AvgIpc) is 3.27. The van der Waals surface area contributed by atoms with Crippen molar-refractivity contribution in [3.8, 4) is 17.6 Å². The SMILES string of the molecule is COc1ncc(C2(O)CCC3CN(Cc4cc(C)ccc4OC)CC32)c(OC)n1. The van der Waals surface area contributed by atoms with Crippen molar-refractivity contribution in [2.45, 2.75) is 31.9 Å². The van der Waals surface area contributed by atoms with Gasteiger partial charge in [0.1, 0.15) is 11.4 Å². The van der Waals surface area contributed by atoms with Gasteiger partial charge in [-0.15, -0.1) is 0 Å². The van der Waals surface area contributed by atoms with Crippen molar-refractivity contribution in [1.29, 1.82) is 0 Å². The van der Waals surface area contributed by atoms with Crippen molar-refractivity contribution in [1.82, 2.24) is 14.9 Å². The predicted octanol–water partition coefficient (Wildman–Crippen LogP) is 2.54. The molecule has 3 unspecified atom stereocenters. The fourth-order valence-electron chi connectivity index (χ4n) is 5.02. The van der Waals surface area contributed by atoms with E-state index >= 15 is 0 Å². The minimum Gasteiger partial charge on any atom is -0.496 e. The number of aryl methyl sites for hydroxylation is 1. The molecule has 0 radical (unpaired) electrons. The number of rotatable bonds is 6. The van der Waals surface area contributed by atoms with Crippen LogP contribution in [0.2, 0.25) is 0 Å². The van der Waals surface area contributed by atoms with Gasteiger partial charge in [0.2, 0.25) is 5.88 Å². The first kappa shape index (κ1) is 19.9. The third-order valence-corrected chi connectivity index (χ3v) is 6.43. The molecule has 156 valence electrons. The van der Waals surface area contributed by atoms with E-state index in [-0.39, 0.29) is 11.9 Å². The van der Waals surface area contributed by atoms with Crippen molar-refractivity contribution in [3.05, 3.63) is 41.1 Å². The summed E-state index contributed by atoms with van der Waals surface area (Å²) < 4.78 is 16.1. The third kappa shape index (κ3) is 3.53. The van der Waals surface area contributed by atoms with Crippen LogP contribution < -0.4 is 14.2 Å². The van der Waals surface area contributed by atoms with Crippen LogP contribution in [-0.4, -0.2) is 54.4 Å². The first-order chi connectivity index (χ1) is 14.0. The Bertz CT molecular complexity index is 890. The third-order valence-electron chi connectivity index (χ3n) is 6.43. The van der Waals surface area contributed by atoms with E-state index in [2.05, 4.69) is 33.9 Å². The molecule has 1 aliphatic heterocycles. The van der Waals surface area contributed by atoms with Crippen LogP contribution in [0.5, 0.6) is 17.6 Å². The summed E-state index contributed by atoms with van der Waals surface area (Å²) in [6.07, 6.45) is 3.31. The minimum absolute atomic E-state index is 0.115. The van der Waals surface area contributed by atoms with E-state index in [0.29, 0.717) is 23.8 Å². The molecule has 1 aromatic carbocycles. The van der Waals surface area contributed by atoms with Crippen LogP contribution in [0, 0.1) is 18.8 Å². The second kappa shape index (κ2) is 7.80. The molecule has 4 rings (SSSR count). The van der Waals surface area contributed by atoms with Gasteiger partial charge in [-0.25, -0.2) is 4.98 Å². The first-order valence-electron chi connectivity index (χ1n) is 10.0. The van der Waals surface area contributed by atoms with Gasteiger partial charge in [-0.05, 0) is 31.7 Å². The summed E-state index contributed by atoms with van der Waals surface area (Å²) in [4.78, 5) is 10.9. The van der Waals surface area contributed by atoms with Gasteiger partial charge in [-0.3, -0.25) is 4.90 Å². The summed E-state index contributed by atoms with van der Waals surface area (Å²) in [5, 5.41) is 11.7.